The van der Waals surface area contributed by atoms with Crippen LogP contribution in [-0.4, -0.2) is 29.8 Å². The van der Waals surface area contributed by atoms with E-state index in [0.717, 1.165) is 0 Å². The van der Waals surface area contributed by atoms with Gasteiger partial charge in [0, 0.05) is 0 Å². The Bertz CT molecular complexity index is 1200. The molecule has 0 aliphatic rings. The maximum atomic E-state index is 17.1. The average molecular weight is 549 g/mol. The zero-order chi connectivity index (χ0) is 29.3. The van der Waals surface area contributed by atoms with Gasteiger partial charge in [-0.3, -0.25) is 4.79 Å². The second-order valence-electron chi connectivity index (χ2n) is 11.4. The van der Waals surface area contributed by atoms with E-state index in [9.17, 15) is 18.0 Å². The van der Waals surface area contributed by atoms with Gasteiger partial charge in [-0.15, -0.1) is 0 Å². The SMILES string of the molecule is CC(C)(C)Oc1ccc(C(c2ccccc2)(c2ccccc2)C(F)(F)C(OC(=O)C(C)(C)C)C(F)(F)F)cc1. The van der Waals surface area contributed by atoms with Gasteiger partial charge < -0.3 is 9.47 Å². The summed E-state index contributed by atoms with van der Waals surface area (Å²) in [5.41, 5.74) is -5.09. The van der Waals surface area contributed by atoms with Gasteiger partial charge in [0.1, 0.15) is 16.8 Å². The molecule has 3 aromatic rings. The van der Waals surface area contributed by atoms with Gasteiger partial charge >= 0.3 is 18.1 Å². The molecule has 0 N–H and O–H groups in total. The lowest BCUT2D eigenvalue weighted by Gasteiger charge is -2.45. The van der Waals surface area contributed by atoms with Gasteiger partial charge in [-0.1, -0.05) is 72.8 Å². The highest BCUT2D eigenvalue weighted by atomic mass is 19.4. The van der Waals surface area contributed by atoms with E-state index in [2.05, 4.69) is 4.74 Å². The number of ether oxygens (including phenoxy) is 2. The van der Waals surface area contributed by atoms with Crippen molar-refractivity contribution >= 4 is 5.97 Å². The third kappa shape index (κ3) is 6.26. The maximum absolute atomic E-state index is 17.1. The number of carbonyl (C=O) groups excluding carboxylic acids is 1. The first-order valence-corrected chi connectivity index (χ1v) is 12.5. The predicted molar refractivity (Wildman–Crippen MR) is 140 cm³/mol. The van der Waals surface area contributed by atoms with E-state index in [4.69, 9.17) is 4.74 Å². The molecule has 0 amide bonds. The van der Waals surface area contributed by atoms with Gasteiger partial charge in [-0.25, -0.2) is 8.78 Å². The number of hydrogen-bond acceptors (Lipinski definition) is 3. The molecule has 0 aliphatic carbocycles. The van der Waals surface area contributed by atoms with Crippen LogP contribution in [0.2, 0.25) is 0 Å². The topological polar surface area (TPSA) is 35.5 Å². The van der Waals surface area contributed by atoms with Crippen molar-refractivity contribution in [1.29, 1.82) is 0 Å². The van der Waals surface area contributed by atoms with Crippen LogP contribution < -0.4 is 4.74 Å². The molecule has 1 atom stereocenters. The minimum absolute atomic E-state index is 0.105. The van der Waals surface area contributed by atoms with Crippen LogP contribution in [0.4, 0.5) is 22.0 Å². The van der Waals surface area contributed by atoms with Crippen molar-refractivity contribution in [2.75, 3.05) is 0 Å². The number of halogens is 5. The lowest BCUT2D eigenvalue weighted by atomic mass is 9.63. The van der Waals surface area contributed by atoms with Gasteiger partial charge in [0.15, 0.2) is 0 Å². The fourth-order valence-corrected chi connectivity index (χ4v) is 4.41. The molecule has 3 nitrogen and oxygen atoms in total. The maximum Gasteiger partial charge on any atom is 0.431 e. The fraction of sp³-hybridized carbons (Fsp3) is 0.387. The molecule has 0 aromatic heterocycles. The summed E-state index contributed by atoms with van der Waals surface area (Å²) in [7, 11) is 0. The zero-order valence-corrected chi connectivity index (χ0v) is 22.8. The lowest BCUT2D eigenvalue weighted by molar-refractivity contribution is -0.289. The predicted octanol–water partition coefficient (Wildman–Crippen LogP) is 8.35. The van der Waals surface area contributed by atoms with Crippen molar-refractivity contribution in [2.24, 2.45) is 5.41 Å². The van der Waals surface area contributed by atoms with Gasteiger partial charge in [0.05, 0.1) is 5.41 Å². The normalized spacial score (nSPS) is 14.0. The number of rotatable bonds is 7. The van der Waals surface area contributed by atoms with Crippen LogP contribution in [-0.2, 0) is 14.9 Å². The third-order valence-corrected chi connectivity index (χ3v) is 6.09. The Hall–Kier alpha value is -3.42. The smallest absolute Gasteiger partial charge is 0.431 e. The van der Waals surface area contributed by atoms with Crippen LogP contribution in [0.1, 0.15) is 58.2 Å². The molecule has 0 heterocycles. The first kappa shape index (κ1) is 30.1. The molecule has 210 valence electrons. The van der Waals surface area contributed by atoms with E-state index in [1.807, 2.05) is 20.8 Å². The second-order valence-corrected chi connectivity index (χ2v) is 11.4. The summed E-state index contributed by atoms with van der Waals surface area (Å²) in [5, 5.41) is 0. The summed E-state index contributed by atoms with van der Waals surface area (Å²) in [6.45, 7) is 9.34. The molecule has 0 saturated carbocycles. The molecular weight excluding hydrogens is 515 g/mol. The van der Waals surface area contributed by atoms with E-state index in [-0.39, 0.29) is 16.7 Å². The highest BCUT2D eigenvalue weighted by Crippen LogP contribution is 2.55. The van der Waals surface area contributed by atoms with E-state index >= 15 is 8.78 Å². The Kier molecular flexibility index (Phi) is 8.21. The van der Waals surface area contributed by atoms with Crippen molar-refractivity contribution < 1.29 is 36.2 Å². The van der Waals surface area contributed by atoms with Crippen molar-refractivity contribution in [2.45, 2.75) is 70.8 Å². The molecule has 3 aromatic carbocycles. The highest BCUT2D eigenvalue weighted by molar-refractivity contribution is 5.75. The number of alkyl halides is 5. The number of benzene rings is 3. The second kappa shape index (κ2) is 10.6. The Morgan fingerprint density at radius 3 is 1.41 bits per heavy atom. The van der Waals surface area contributed by atoms with E-state index in [0.29, 0.717) is 5.75 Å². The number of hydrogen-bond donors (Lipinski definition) is 0. The van der Waals surface area contributed by atoms with E-state index in [1.54, 1.807) is 12.1 Å². The van der Waals surface area contributed by atoms with Crippen molar-refractivity contribution in [3.63, 3.8) is 0 Å². The molecule has 8 heteroatoms. The van der Waals surface area contributed by atoms with Crippen LogP contribution in [0, 0.1) is 5.41 Å². The Morgan fingerprint density at radius 1 is 0.641 bits per heavy atom. The molecule has 0 fully saturated rings. The Morgan fingerprint density at radius 2 is 1.05 bits per heavy atom. The molecule has 0 saturated heterocycles. The standard InChI is InChI=1S/C31H33F5O3/c1-27(2,3)26(37)38-25(31(34,35)36)30(32,33)29(21-13-9-7-10-14-21,22-15-11-8-12-16-22)23-17-19-24(20-18-23)39-28(4,5)6/h7-20,25H,1-6H3. The molecular formula is C31H33F5O3. The highest BCUT2D eigenvalue weighted by Gasteiger charge is 2.70. The molecule has 1 unspecified atom stereocenters. The monoisotopic (exact) mass is 548 g/mol. The van der Waals surface area contributed by atoms with Crippen molar-refractivity contribution in [3.8, 4) is 5.75 Å². The summed E-state index contributed by atoms with van der Waals surface area (Å²) >= 11 is 0. The van der Waals surface area contributed by atoms with E-state index in [1.165, 1.54) is 93.6 Å². The van der Waals surface area contributed by atoms with Crippen LogP contribution in [0.15, 0.2) is 84.9 Å². The Balaban J connectivity index is 2.40. The quantitative estimate of drug-likeness (QED) is 0.169. The largest absolute Gasteiger partial charge is 0.488 e. The zero-order valence-electron chi connectivity index (χ0n) is 22.8. The summed E-state index contributed by atoms with van der Waals surface area (Å²) < 4.78 is 88.1. The Labute approximate surface area is 226 Å². The van der Waals surface area contributed by atoms with Crippen LogP contribution >= 0.6 is 0 Å². The van der Waals surface area contributed by atoms with E-state index < -0.39 is 40.6 Å². The molecule has 0 spiro atoms. The summed E-state index contributed by atoms with van der Waals surface area (Å²) in [6.07, 6.45) is -9.34. The summed E-state index contributed by atoms with van der Waals surface area (Å²) in [4.78, 5) is 12.6. The fourth-order valence-electron chi connectivity index (χ4n) is 4.41. The molecule has 0 bridgehead atoms. The molecule has 0 aliphatic heterocycles. The first-order valence-electron chi connectivity index (χ1n) is 12.5. The summed E-state index contributed by atoms with van der Waals surface area (Å²) in [5.74, 6) is -5.74. The van der Waals surface area contributed by atoms with Crippen LogP contribution in [0.3, 0.4) is 0 Å². The molecule has 39 heavy (non-hydrogen) atoms. The van der Waals surface area contributed by atoms with Gasteiger partial charge in [0.25, 0.3) is 6.10 Å². The third-order valence-electron chi connectivity index (χ3n) is 6.09. The van der Waals surface area contributed by atoms with Crippen LogP contribution in [0.5, 0.6) is 5.75 Å². The van der Waals surface area contributed by atoms with Crippen molar-refractivity contribution in [1.82, 2.24) is 0 Å². The van der Waals surface area contributed by atoms with Crippen molar-refractivity contribution in [3.05, 3.63) is 102 Å². The minimum atomic E-state index is -5.59. The number of esters is 1. The van der Waals surface area contributed by atoms with Gasteiger partial charge in [0.2, 0.25) is 0 Å². The first-order chi connectivity index (χ1) is 17.9. The van der Waals surface area contributed by atoms with Crippen LogP contribution in [0.25, 0.3) is 0 Å². The molecule has 0 radical (unpaired) electrons. The number of carbonyl (C=O) groups is 1. The molecule has 3 rings (SSSR count). The average Bonchev–Trinajstić information content (AvgIpc) is 2.82. The summed E-state index contributed by atoms with van der Waals surface area (Å²) in [6, 6.07) is 20.0. The van der Waals surface area contributed by atoms with Gasteiger partial charge in [-0.05, 0) is 70.4 Å². The minimum Gasteiger partial charge on any atom is -0.488 e. The van der Waals surface area contributed by atoms with Gasteiger partial charge in [-0.2, -0.15) is 13.2 Å². The lowest BCUT2D eigenvalue weighted by Crippen LogP contribution is -2.60.